The van der Waals surface area contributed by atoms with Gasteiger partial charge < -0.3 is 5.73 Å². The van der Waals surface area contributed by atoms with Crippen LogP contribution in [0.5, 0.6) is 0 Å². The molecule has 0 heterocycles. The number of hydrogen-bond donors (Lipinski definition) is 2. The first-order valence-corrected chi connectivity index (χ1v) is 9.59. The number of nitrogens with two attached hydrogens (primary N) is 1. The zero-order chi connectivity index (χ0) is 14.6. The molecule has 0 bridgehead atoms. The van der Waals surface area contributed by atoms with Crippen molar-refractivity contribution in [1.82, 2.24) is 4.72 Å². The Morgan fingerprint density at radius 3 is 2.35 bits per heavy atom. The molecule has 3 N–H and O–H groups in total. The Kier molecular flexibility index (Phi) is 4.99. The molecule has 112 valence electrons. The fourth-order valence-corrected chi connectivity index (χ4v) is 4.74. The van der Waals surface area contributed by atoms with E-state index < -0.39 is 10.0 Å². The lowest BCUT2D eigenvalue weighted by molar-refractivity contribution is 0.395. The van der Waals surface area contributed by atoms with Crippen molar-refractivity contribution in [1.29, 1.82) is 0 Å². The first-order chi connectivity index (χ1) is 9.47. The molecule has 0 radical (unpaired) electrons. The average molecular weight is 314 g/mol. The zero-order valence-corrected chi connectivity index (χ0v) is 13.4. The van der Waals surface area contributed by atoms with Crippen LogP contribution in [0.25, 0.3) is 0 Å². The predicted molar refractivity (Wildman–Crippen MR) is 85.4 cm³/mol. The van der Waals surface area contributed by atoms with E-state index in [9.17, 15) is 8.42 Å². The Morgan fingerprint density at radius 2 is 1.80 bits per heavy atom. The maximum Gasteiger partial charge on any atom is 0.240 e. The molecule has 2 rings (SSSR count). The average Bonchev–Trinajstić information content (AvgIpc) is 2.47. The fraction of sp³-hybridized carbons (Fsp3) is 0.571. The molecule has 1 saturated carbocycles. The lowest BCUT2D eigenvalue weighted by atomic mass is 9.88. The van der Waals surface area contributed by atoms with Crippen molar-refractivity contribution in [3.05, 3.63) is 24.3 Å². The number of benzene rings is 1. The molecule has 0 unspecified atom stereocenters. The van der Waals surface area contributed by atoms with Crippen molar-refractivity contribution in [3.63, 3.8) is 0 Å². The van der Waals surface area contributed by atoms with Gasteiger partial charge in [0.25, 0.3) is 0 Å². The van der Waals surface area contributed by atoms with Gasteiger partial charge in [-0.05, 0) is 43.4 Å². The summed E-state index contributed by atoms with van der Waals surface area (Å²) in [6, 6.07) is 6.31. The highest BCUT2D eigenvalue weighted by molar-refractivity contribution is 8.00. The van der Waals surface area contributed by atoms with Crippen LogP contribution in [0, 0.1) is 0 Å². The summed E-state index contributed by atoms with van der Waals surface area (Å²) >= 11 is 1.78. The van der Waals surface area contributed by atoms with Crippen molar-refractivity contribution >= 4 is 27.5 Å². The maximum absolute atomic E-state index is 12.3. The second kappa shape index (κ2) is 6.37. The van der Waals surface area contributed by atoms with Gasteiger partial charge in [0.1, 0.15) is 0 Å². The van der Waals surface area contributed by atoms with Gasteiger partial charge in [0, 0.05) is 17.0 Å². The highest BCUT2D eigenvalue weighted by atomic mass is 32.2. The quantitative estimate of drug-likeness (QED) is 0.820. The first-order valence-electron chi connectivity index (χ1n) is 6.88. The van der Waals surface area contributed by atoms with Crippen molar-refractivity contribution in [2.75, 3.05) is 18.5 Å². The van der Waals surface area contributed by atoms with Gasteiger partial charge in [0.15, 0.2) is 0 Å². The van der Waals surface area contributed by atoms with Crippen LogP contribution in [0.2, 0.25) is 0 Å². The van der Waals surface area contributed by atoms with Crippen molar-refractivity contribution < 1.29 is 8.42 Å². The number of hydrogen-bond acceptors (Lipinski definition) is 4. The van der Waals surface area contributed by atoms with Crippen LogP contribution in [-0.4, -0.2) is 26.0 Å². The van der Waals surface area contributed by atoms with Gasteiger partial charge in [-0.1, -0.05) is 19.3 Å². The molecule has 1 aliphatic rings. The second-order valence-corrected chi connectivity index (χ2v) is 8.38. The molecular weight excluding hydrogens is 292 g/mol. The van der Waals surface area contributed by atoms with Crippen LogP contribution in [0.1, 0.15) is 32.1 Å². The molecule has 20 heavy (non-hydrogen) atoms. The molecule has 0 spiro atoms. The molecule has 0 amide bonds. The molecule has 0 atom stereocenters. The van der Waals surface area contributed by atoms with E-state index in [2.05, 4.69) is 11.0 Å². The van der Waals surface area contributed by atoms with Crippen LogP contribution >= 0.6 is 11.8 Å². The van der Waals surface area contributed by atoms with Crippen LogP contribution in [0.3, 0.4) is 0 Å². The van der Waals surface area contributed by atoms with Gasteiger partial charge in [-0.25, -0.2) is 13.1 Å². The second-order valence-electron chi connectivity index (χ2n) is 5.34. The standard InChI is InChI=1S/C14H22N2O2S2/c1-19-14(9-3-2-4-10-14)11-16-20(17,18)13-7-5-12(15)6-8-13/h5-8,16H,2-4,9-11,15H2,1H3. The van der Waals surface area contributed by atoms with Crippen molar-refractivity contribution in [3.8, 4) is 0 Å². The number of anilines is 1. The van der Waals surface area contributed by atoms with E-state index in [4.69, 9.17) is 5.73 Å². The third-order valence-electron chi connectivity index (χ3n) is 3.97. The molecule has 6 heteroatoms. The predicted octanol–water partition coefficient (Wildman–Crippen LogP) is 2.61. The molecule has 0 aliphatic heterocycles. The van der Waals surface area contributed by atoms with E-state index in [1.807, 2.05) is 0 Å². The van der Waals surface area contributed by atoms with Gasteiger partial charge in [0.05, 0.1) is 4.90 Å². The Bertz CT molecular complexity index is 535. The molecule has 1 aromatic carbocycles. The molecule has 0 aromatic heterocycles. The van der Waals surface area contributed by atoms with Gasteiger partial charge >= 0.3 is 0 Å². The summed E-state index contributed by atoms with van der Waals surface area (Å²) in [4.78, 5) is 0.277. The minimum atomic E-state index is -3.44. The Hall–Kier alpha value is -0.720. The van der Waals surface area contributed by atoms with Crippen molar-refractivity contribution in [2.24, 2.45) is 0 Å². The van der Waals surface area contributed by atoms with E-state index in [-0.39, 0.29) is 9.64 Å². The zero-order valence-electron chi connectivity index (χ0n) is 11.8. The Labute approximate surface area is 125 Å². The molecule has 4 nitrogen and oxygen atoms in total. The van der Waals surface area contributed by atoms with E-state index in [0.717, 1.165) is 12.8 Å². The lowest BCUT2D eigenvalue weighted by Crippen LogP contribution is -2.41. The van der Waals surface area contributed by atoms with Gasteiger partial charge in [-0.15, -0.1) is 0 Å². The van der Waals surface area contributed by atoms with Crippen LogP contribution < -0.4 is 10.5 Å². The summed E-state index contributed by atoms with van der Waals surface area (Å²) in [5.41, 5.74) is 6.15. The maximum atomic E-state index is 12.3. The SMILES string of the molecule is CSC1(CNS(=O)(=O)c2ccc(N)cc2)CCCCC1. The molecule has 0 saturated heterocycles. The number of nitrogens with one attached hydrogen (secondary N) is 1. The summed E-state index contributed by atoms with van der Waals surface area (Å²) in [6.07, 6.45) is 7.86. The van der Waals surface area contributed by atoms with Gasteiger partial charge in [-0.2, -0.15) is 11.8 Å². The Balaban J connectivity index is 2.06. The number of rotatable bonds is 5. The highest BCUT2D eigenvalue weighted by Gasteiger charge is 2.32. The summed E-state index contributed by atoms with van der Waals surface area (Å²) in [6.45, 7) is 0.501. The van der Waals surface area contributed by atoms with Crippen LogP contribution in [0.15, 0.2) is 29.2 Å². The monoisotopic (exact) mass is 314 g/mol. The molecule has 1 aliphatic carbocycles. The van der Waals surface area contributed by atoms with E-state index in [1.165, 1.54) is 19.3 Å². The molecular formula is C14H22N2O2S2. The smallest absolute Gasteiger partial charge is 0.240 e. The molecule has 1 aromatic rings. The van der Waals surface area contributed by atoms with Crippen molar-refractivity contribution in [2.45, 2.75) is 41.7 Å². The first kappa shape index (κ1) is 15.7. The molecule has 1 fully saturated rings. The summed E-state index contributed by atoms with van der Waals surface area (Å²) in [7, 11) is -3.44. The van der Waals surface area contributed by atoms with Crippen LogP contribution in [0.4, 0.5) is 5.69 Å². The topological polar surface area (TPSA) is 72.2 Å². The number of thioether (sulfide) groups is 1. The number of nitrogen functional groups attached to an aromatic ring is 1. The van der Waals surface area contributed by atoms with Gasteiger partial charge in [0.2, 0.25) is 10.0 Å². The van der Waals surface area contributed by atoms with Gasteiger partial charge in [-0.3, -0.25) is 0 Å². The Morgan fingerprint density at radius 1 is 1.20 bits per heavy atom. The van der Waals surface area contributed by atoms with Crippen LogP contribution in [-0.2, 0) is 10.0 Å². The third kappa shape index (κ3) is 3.68. The largest absolute Gasteiger partial charge is 0.399 e. The van der Waals surface area contributed by atoms with E-state index >= 15 is 0 Å². The number of sulfonamides is 1. The fourth-order valence-electron chi connectivity index (χ4n) is 2.61. The minimum Gasteiger partial charge on any atom is -0.399 e. The summed E-state index contributed by atoms with van der Waals surface area (Å²) in [5.74, 6) is 0. The normalized spacial score (nSPS) is 18.9. The lowest BCUT2D eigenvalue weighted by Gasteiger charge is -2.35. The minimum absolute atomic E-state index is 0.0547. The summed E-state index contributed by atoms with van der Waals surface area (Å²) in [5, 5.41) is 0. The highest BCUT2D eigenvalue weighted by Crippen LogP contribution is 2.38. The third-order valence-corrected chi connectivity index (χ3v) is 6.81. The van der Waals surface area contributed by atoms with E-state index in [0.29, 0.717) is 12.2 Å². The summed E-state index contributed by atoms with van der Waals surface area (Å²) < 4.78 is 27.4. The van der Waals surface area contributed by atoms with E-state index in [1.54, 1.807) is 36.0 Å².